The Labute approximate surface area is 170 Å². The van der Waals surface area contributed by atoms with E-state index in [0.717, 1.165) is 12.1 Å². The van der Waals surface area contributed by atoms with Crippen molar-refractivity contribution in [3.05, 3.63) is 64.9 Å². The van der Waals surface area contributed by atoms with Crippen LogP contribution in [0.5, 0.6) is 0 Å². The van der Waals surface area contributed by atoms with Gasteiger partial charge in [-0.1, -0.05) is 29.8 Å². The van der Waals surface area contributed by atoms with E-state index in [4.69, 9.17) is 11.6 Å². The van der Waals surface area contributed by atoms with Crippen LogP contribution in [0.1, 0.15) is 36.9 Å². The van der Waals surface area contributed by atoms with Gasteiger partial charge in [-0.2, -0.15) is 17.5 Å². The zero-order chi connectivity index (χ0) is 21.0. The van der Waals surface area contributed by atoms with Gasteiger partial charge in [0.2, 0.25) is 0 Å². The number of imidazole rings is 1. The first-order chi connectivity index (χ1) is 13.6. The molecule has 0 amide bonds. The molecule has 0 radical (unpaired) electrons. The summed E-state index contributed by atoms with van der Waals surface area (Å²) in [6, 6.07) is 8.63. The predicted octanol–water partition coefficient (Wildman–Crippen LogP) is 4.92. The van der Waals surface area contributed by atoms with E-state index in [-0.39, 0.29) is 21.8 Å². The summed E-state index contributed by atoms with van der Waals surface area (Å²) in [7, 11) is -4.13. The van der Waals surface area contributed by atoms with Crippen LogP contribution in [0.4, 0.5) is 13.2 Å². The van der Waals surface area contributed by atoms with E-state index < -0.39 is 27.8 Å². The molecule has 0 unspecified atom stereocenters. The number of rotatable bonds is 5. The highest BCUT2D eigenvalue weighted by Crippen LogP contribution is 2.41. The molecular formula is C19H17ClF3N3O2S. The van der Waals surface area contributed by atoms with Gasteiger partial charge in [-0.05, 0) is 49.6 Å². The third kappa shape index (κ3) is 3.62. The SMILES string of the molecule is C[C@H](c1cccc(C(F)(F)F)c1)N(C1CC1)S(=O)(=O)c1c(Cl)nc2ccccn12. The van der Waals surface area contributed by atoms with Gasteiger partial charge in [-0.25, -0.2) is 13.4 Å². The van der Waals surface area contributed by atoms with E-state index in [0.29, 0.717) is 18.5 Å². The van der Waals surface area contributed by atoms with Crippen LogP contribution in [0.3, 0.4) is 0 Å². The van der Waals surface area contributed by atoms with Gasteiger partial charge in [0.1, 0.15) is 5.65 Å². The number of halogens is 4. The number of alkyl halides is 3. The molecule has 0 aliphatic heterocycles. The second-order valence-electron chi connectivity index (χ2n) is 7.00. The summed E-state index contributed by atoms with van der Waals surface area (Å²) in [6.45, 7) is 1.59. The average molecular weight is 444 g/mol. The van der Waals surface area contributed by atoms with E-state index in [9.17, 15) is 21.6 Å². The molecule has 0 saturated heterocycles. The van der Waals surface area contributed by atoms with E-state index >= 15 is 0 Å². The Morgan fingerprint density at radius 2 is 1.93 bits per heavy atom. The largest absolute Gasteiger partial charge is 0.416 e. The van der Waals surface area contributed by atoms with Crippen LogP contribution in [-0.2, 0) is 16.2 Å². The fourth-order valence-corrected chi connectivity index (χ4v) is 5.92. The lowest BCUT2D eigenvalue weighted by Gasteiger charge is -2.29. The standard InChI is InChI=1S/C19H17ClF3N3O2S/c1-12(13-5-4-6-14(11-13)19(21,22)23)26(15-8-9-15)29(27,28)18-17(20)24-16-7-2-3-10-25(16)18/h2-7,10-12,15H,8-9H2,1H3/t12-/m1/s1. The quantitative estimate of drug-likeness (QED) is 0.562. The molecule has 0 spiro atoms. The molecule has 154 valence electrons. The number of hydrogen-bond acceptors (Lipinski definition) is 3. The molecule has 1 atom stereocenters. The summed E-state index contributed by atoms with van der Waals surface area (Å²) in [4.78, 5) is 4.09. The van der Waals surface area contributed by atoms with Crippen LogP contribution in [0, 0.1) is 0 Å². The van der Waals surface area contributed by atoms with Crippen molar-refractivity contribution in [2.45, 2.75) is 43.1 Å². The van der Waals surface area contributed by atoms with Gasteiger partial charge in [0.25, 0.3) is 10.0 Å². The Morgan fingerprint density at radius 1 is 1.21 bits per heavy atom. The highest BCUT2D eigenvalue weighted by molar-refractivity contribution is 7.89. The zero-order valence-corrected chi connectivity index (χ0v) is 16.8. The molecule has 0 bridgehead atoms. The van der Waals surface area contributed by atoms with Crippen molar-refractivity contribution >= 4 is 27.3 Å². The molecule has 2 aromatic heterocycles. The summed E-state index contributed by atoms with van der Waals surface area (Å²) in [5, 5.41) is -0.349. The normalized spacial score (nSPS) is 16.5. The van der Waals surface area contributed by atoms with E-state index in [1.165, 1.54) is 20.8 Å². The van der Waals surface area contributed by atoms with Crippen molar-refractivity contribution in [1.82, 2.24) is 13.7 Å². The lowest BCUT2D eigenvalue weighted by Crippen LogP contribution is -2.36. The second kappa shape index (κ2) is 7.00. The maximum atomic E-state index is 13.6. The Kier molecular flexibility index (Phi) is 4.87. The minimum atomic E-state index is -4.51. The van der Waals surface area contributed by atoms with Gasteiger partial charge in [0.05, 0.1) is 5.56 Å². The Balaban J connectivity index is 1.81. The summed E-state index contributed by atoms with van der Waals surface area (Å²) in [5.74, 6) is 0. The molecule has 1 aliphatic rings. The summed E-state index contributed by atoms with van der Waals surface area (Å²) < 4.78 is 69.1. The number of hydrogen-bond donors (Lipinski definition) is 0. The fourth-order valence-electron chi connectivity index (χ4n) is 3.45. The van der Waals surface area contributed by atoms with Gasteiger partial charge in [0, 0.05) is 18.3 Å². The average Bonchev–Trinajstić information content (AvgIpc) is 3.40. The molecule has 0 N–H and O–H groups in total. The van der Waals surface area contributed by atoms with Gasteiger partial charge in [-0.15, -0.1) is 0 Å². The minimum absolute atomic E-state index is 0.168. The maximum Gasteiger partial charge on any atom is 0.416 e. The lowest BCUT2D eigenvalue weighted by atomic mass is 10.0. The number of sulfonamides is 1. The van der Waals surface area contributed by atoms with Gasteiger partial charge < -0.3 is 0 Å². The Hall–Kier alpha value is -2.10. The third-order valence-corrected chi connectivity index (χ3v) is 7.38. The minimum Gasteiger partial charge on any atom is -0.288 e. The van der Waals surface area contributed by atoms with E-state index in [1.807, 2.05) is 0 Å². The van der Waals surface area contributed by atoms with Crippen LogP contribution in [0.25, 0.3) is 5.65 Å². The molecule has 3 aromatic rings. The highest BCUT2D eigenvalue weighted by Gasteiger charge is 2.44. The van der Waals surface area contributed by atoms with E-state index in [1.54, 1.807) is 31.3 Å². The summed E-state index contributed by atoms with van der Waals surface area (Å²) >= 11 is 6.17. The first-order valence-corrected chi connectivity index (χ1v) is 10.8. The smallest absolute Gasteiger partial charge is 0.288 e. The van der Waals surface area contributed by atoms with Crippen molar-refractivity contribution < 1.29 is 21.6 Å². The topological polar surface area (TPSA) is 54.7 Å². The van der Waals surface area contributed by atoms with Crippen LogP contribution in [-0.4, -0.2) is 28.1 Å². The second-order valence-corrected chi connectivity index (χ2v) is 9.12. The van der Waals surface area contributed by atoms with Gasteiger partial charge in [0.15, 0.2) is 10.2 Å². The van der Waals surface area contributed by atoms with Crippen molar-refractivity contribution in [2.24, 2.45) is 0 Å². The monoisotopic (exact) mass is 443 g/mol. The van der Waals surface area contributed by atoms with Gasteiger partial charge in [-0.3, -0.25) is 4.40 Å². The Bertz CT molecular complexity index is 1170. The number of benzene rings is 1. The van der Waals surface area contributed by atoms with Crippen molar-refractivity contribution in [3.63, 3.8) is 0 Å². The molecule has 4 rings (SSSR count). The number of pyridine rings is 1. The van der Waals surface area contributed by atoms with Crippen molar-refractivity contribution in [3.8, 4) is 0 Å². The lowest BCUT2D eigenvalue weighted by molar-refractivity contribution is -0.137. The fraction of sp³-hybridized carbons (Fsp3) is 0.316. The van der Waals surface area contributed by atoms with Gasteiger partial charge >= 0.3 is 6.18 Å². The first-order valence-electron chi connectivity index (χ1n) is 8.94. The van der Waals surface area contributed by atoms with Crippen LogP contribution < -0.4 is 0 Å². The number of aromatic nitrogens is 2. The molecule has 29 heavy (non-hydrogen) atoms. The number of fused-ring (bicyclic) bond motifs is 1. The highest BCUT2D eigenvalue weighted by atomic mass is 35.5. The van der Waals surface area contributed by atoms with Crippen molar-refractivity contribution in [2.75, 3.05) is 0 Å². The summed E-state index contributed by atoms with van der Waals surface area (Å²) in [6.07, 6.45) is -1.70. The zero-order valence-electron chi connectivity index (χ0n) is 15.3. The summed E-state index contributed by atoms with van der Waals surface area (Å²) in [5.41, 5.74) is -0.179. The Morgan fingerprint density at radius 3 is 2.59 bits per heavy atom. The molecular weight excluding hydrogens is 427 g/mol. The first kappa shape index (κ1) is 20.2. The third-order valence-electron chi connectivity index (χ3n) is 4.95. The molecule has 5 nitrogen and oxygen atoms in total. The molecule has 1 saturated carbocycles. The van der Waals surface area contributed by atoms with Crippen LogP contribution in [0.15, 0.2) is 53.7 Å². The maximum absolute atomic E-state index is 13.6. The molecule has 1 fully saturated rings. The van der Waals surface area contributed by atoms with Crippen LogP contribution in [0.2, 0.25) is 5.15 Å². The van der Waals surface area contributed by atoms with Crippen molar-refractivity contribution in [1.29, 1.82) is 0 Å². The predicted molar refractivity (Wildman–Crippen MR) is 102 cm³/mol. The molecule has 1 aliphatic carbocycles. The molecule has 2 heterocycles. The molecule has 1 aromatic carbocycles. The number of nitrogens with zero attached hydrogens (tertiary/aromatic N) is 3. The molecule has 10 heteroatoms. The van der Waals surface area contributed by atoms with Crippen LogP contribution >= 0.6 is 11.6 Å². The van der Waals surface area contributed by atoms with E-state index in [2.05, 4.69) is 4.98 Å².